The molecule has 0 radical (unpaired) electrons. The molecule has 0 spiro atoms. The van der Waals surface area contributed by atoms with Crippen LogP contribution in [0.2, 0.25) is 0 Å². The number of hydrogen-bond donors (Lipinski definition) is 2. The fourth-order valence-electron chi connectivity index (χ4n) is 3.54. The standard InChI is InChI=1S/C21H24N4O4/c1-22-21(27)18-13-17(25(28)29)7-8-19(18)24-11-9-16(10-12-24)20(26)23-14-15-5-3-2-4-6-15/h2-8,13,16H,9-12,14H2,1H3,(H,22,27)(H,23,26). The van der Waals surface area contributed by atoms with E-state index in [1.165, 1.54) is 19.2 Å². The monoisotopic (exact) mass is 396 g/mol. The summed E-state index contributed by atoms with van der Waals surface area (Å²) in [6.45, 7) is 1.71. The average molecular weight is 396 g/mol. The molecule has 2 aromatic carbocycles. The van der Waals surface area contributed by atoms with Crippen molar-refractivity contribution in [3.05, 3.63) is 69.8 Å². The smallest absolute Gasteiger partial charge is 0.270 e. The largest absolute Gasteiger partial charge is 0.371 e. The Balaban J connectivity index is 1.63. The summed E-state index contributed by atoms with van der Waals surface area (Å²) in [6, 6.07) is 14.1. The molecule has 29 heavy (non-hydrogen) atoms. The molecule has 2 N–H and O–H groups in total. The van der Waals surface area contributed by atoms with Crippen LogP contribution in [0, 0.1) is 16.0 Å². The SMILES string of the molecule is CNC(=O)c1cc([N+](=O)[O-])ccc1N1CCC(C(=O)NCc2ccccc2)CC1. The number of carbonyl (C=O) groups is 2. The molecule has 0 atom stereocenters. The lowest BCUT2D eigenvalue weighted by molar-refractivity contribution is -0.384. The van der Waals surface area contributed by atoms with E-state index in [0.717, 1.165) is 5.56 Å². The van der Waals surface area contributed by atoms with E-state index in [0.29, 0.717) is 38.2 Å². The number of benzene rings is 2. The summed E-state index contributed by atoms with van der Waals surface area (Å²) in [5, 5.41) is 16.6. The van der Waals surface area contributed by atoms with Crippen LogP contribution in [0.25, 0.3) is 0 Å². The molecule has 8 nitrogen and oxygen atoms in total. The molecule has 1 fully saturated rings. The number of rotatable bonds is 6. The van der Waals surface area contributed by atoms with Crippen molar-refractivity contribution in [3.8, 4) is 0 Å². The van der Waals surface area contributed by atoms with Crippen molar-refractivity contribution < 1.29 is 14.5 Å². The third-order valence-corrected chi connectivity index (χ3v) is 5.18. The van der Waals surface area contributed by atoms with Gasteiger partial charge >= 0.3 is 0 Å². The molecule has 0 unspecified atom stereocenters. The first-order valence-corrected chi connectivity index (χ1v) is 9.56. The van der Waals surface area contributed by atoms with Crippen molar-refractivity contribution in [3.63, 3.8) is 0 Å². The summed E-state index contributed by atoms with van der Waals surface area (Å²) < 4.78 is 0. The van der Waals surface area contributed by atoms with Crippen LogP contribution in [0.5, 0.6) is 0 Å². The third kappa shape index (κ3) is 4.90. The first-order chi connectivity index (χ1) is 14.0. The van der Waals surface area contributed by atoms with Crippen LogP contribution in [0.1, 0.15) is 28.8 Å². The summed E-state index contributed by atoms with van der Waals surface area (Å²) in [5.74, 6) is -0.424. The van der Waals surface area contributed by atoms with E-state index < -0.39 is 4.92 Å². The van der Waals surface area contributed by atoms with Gasteiger partial charge in [-0.1, -0.05) is 30.3 Å². The van der Waals surface area contributed by atoms with Crippen molar-refractivity contribution in [1.29, 1.82) is 0 Å². The predicted molar refractivity (Wildman–Crippen MR) is 110 cm³/mol. The molecule has 1 aliphatic heterocycles. The normalized spacial score (nSPS) is 14.3. The minimum absolute atomic E-state index is 0.0312. The molecule has 0 bridgehead atoms. The van der Waals surface area contributed by atoms with E-state index in [2.05, 4.69) is 10.6 Å². The van der Waals surface area contributed by atoms with Gasteiger partial charge in [-0.2, -0.15) is 0 Å². The van der Waals surface area contributed by atoms with Crippen LogP contribution >= 0.6 is 0 Å². The average Bonchev–Trinajstić information content (AvgIpc) is 2.77. The summed E-state index contributed by atoms with van der Waals surface area (Å²) in [7, 11) is 1.49. The lowest BCUT2D eigenvalue weighted by atomic mass is 9.94. The number of hydrogen-bond acceptors (Lipinski definition) is 5. The van der Waals surface area contributed by atoms with Crippen molar-refractivity contribution in [2.75, 3.05) is 25.0 Å². The summed E-state index contributed by atoms with van der Waals surface area (Å²) in [4.78, 5) is 37.3. The predicted octanol–water partition coefficient (Wildman–Crippen LogP) is 2.49. The zero-order valence-electron chi connectivity index (χ0n) is 16.3. The number of nitrogens with one attached hydrogen (secondary N) is 2. The number of anilines is 1. The van der Waals surface area contributed by atoms with E-state index in [4.69, 9.17) is 0 Å². The van der Waals surface area contributed by atoms with Crippen LogP contribution in [-0.2, 0) is 11.3 Å². The Morgan fingerprint density at radius 3 is 2.45 bits per heavy atom. The highest BCUT2D eigenvalue weighted by atomic mass is 16.6. The Morgan fingerprint density at radius 1 is 1.14 bits per heavy atom. The Morgan fingerprint density at radius 2 is 1.83 bits per heavy atom. The van der Waals surface area contributed by atoms with Gasteiger partial charge < -0.3 is 15.5 Å². The van der Waals surface area contributed by atoms with Crippen LogP contribution in [0.4, 0.5) is 11.4 Å². The molecule has 8 heteroatoms. The van der Waals surface area contributed by atoms with Gasteiger partial charge in [-0.15, -0.1) is 0 Å². The maximum Gasteiger partial charge on any atom is 0.270 e. The second-order valence-electron chi connectivity index (χ2n) is 7.00. The number of amides is 2. The molecule has 0 aromatic heterocycles. The molecule has 2 amide bonds. The first kappa shape index (κ1) is 20.3. The Kier molecular flexibility index (Phi) is 6.43. The minimum atomic E-state index is -0.514. The van der Waals surface area contributed by atoms with Crippen molar-refractivity contribution in [2.45, 2.75) is 19.4 Å². The first-order valence-electron chi connectivity index (χ1n) is 9.56. The van der Waals surface area contributed by atoms with Gasteiger partial charge in [0.05, 0.1) is 16.2 Å². The molecule has 3 rings (SSSR count). The highest BCUT2D eigenvalue weighted by molar-refractivity contribution is 6.00. The van der Waals surface area contributed by atoms with Gasteiger partial charge in [0, 0.05) is 44.7 Å². The maximum atomic E-state index is 12.5. The number of non-ortho nitro benzene ring substituents is 1. The Bertz CT molecular complexity index is 893. The summed E-state index contributed by atoms with van der Waals surface area (Å²) in [6.07, 6.45) is 1.32. The zero-order chi connectivity index (χ0) is 20.8. The van der Waals surface area contributed by atoms with Crippen LogP contribution < -0.4 is 15.5 Å². The van der Waals surface area contributed by atoms with Crippen LogP contribution in [0.15, 0.2) is 48.5 Å². The van der Waals surface area contributed by atoms with E-state index in [1.807, 2.05) is 35.2 Å². The Hall–Kier alpha value is -3.42. The zero-order valence-corrected chi connectivity index (χ0v) is 16.3. The van der Waals surface area contributed by atoms with Gasteiger partial charge in [-0.25, -0.2) is 0 Å². The van der Waals surface area contributed by atoms with E-state index in [1.54, 1.807) is 6.07 Å². The number of carbonyl (C=O) groups excluding carboxylic acids is 2. The molecule has 0 saturated carbocycles. The Labute approximate surface area is 169 Å². The molecule has 1 aliphatic rings. The fourth-order valence-corrected chi connectivity index (χ4v) is 3.54. The van der Waals surface area contributed by atoms with E-state index >= 15 is 0 Å². The second kappa shape index (κ2) is 9.18. The van der Waals surface area contributed by atoms with E-state index in [9.17, 15) is 19.7 Å². The van der Waals surface area contributed by atoms with Gasteiger partial charge in [-0.3, -0.25) is 19.7 Å². The van der Waals surface area contributed by atoms with E-state index in [-0.39, 0.29) is 29.0 Å². The number of piperidine rings is 1. The van der Waals surface area contributed by atoms with Crippen LogP contribution in [0.3, 0.4) is 0 Å². The number of nitro groups is 1. The van der Waals surface area contributed by atoms with Gasteiger partial charge in [0.1, 0.15) is 0 Å². The van der Waals surface area contributed by atoms with Crippen molar-refractivity contribution in [2.24, 2.45) is 5.92 Å². The van der Waals surface area contributed by atoms with Crippen molar-refractivity contribution in [1.82, 2.24) is 10.6 Å². The fraction of sp³-hybridized carbons (Fsp3) is 0.333. The molecular formula is C21H24N4O4. The summed E-state index contributed by atoms with van der Waals surface area (Å²) in [5.41, 5.74) is 1.86. The maximum absolute atomic E-state index is 12.5. The summed E-state index contributed by atoms with van der Waals surface area (Å²) >= 11 is 0. The highest BCUT2D eigenvalue weighted by Crippen LogP contribution is 2.29. The molecule has 2 aromatic rings. The topological polar surface area (TPSA) is 105 Å². The van der Waals surface area contributed by atoms with Gasteiger partial charge in [0.25, 0.3) is 11.6 Å². The van der Waals surface area contributed by atoms with Gasteiger partial charge in [0.2, 0.25) is 5.91 Å². The molecule has 1 heterocycles. The quantitative estimate of drug-likeness (QED) is 0.577. The molecule has 0 aliphatic carbocycles. The minimum Gasteiger partial charge on any atom is -0.371 e. The third-order valence-electron chi connectivity index (χ3n) is 5.18. The lowest BCUT2D eigenvalue weighted by Gasteiger charge is -2.34. The molecule has 152 valence electrons. The van der Waals surface area contributed by atoms with Crippen LogP contribution in [-0.4, -0.2) is 36.9 Å². The number of nitro benzene ring substituents is 1. The van der Waals surface area contributed by atoms with Crippen molar-refractivity contribution >= 4 is 23.2 Å². The van der Waals surface area contributed by atoms with Gasteiger partial charge in [-0.05, 0) is 24.5 Å². The number of nitrogens with zero attached hydrogens (tertiary/aromatic N) is 2. The van der Waals surface area contributed by atoms with Gasteiger partial charge in [0.15, 0.2) is 0 Å². The second-order valence-corrected chi connectivity index (χ2v) is 7.00. The molecule has 1 saturated heterocycles. The molecular weight excluding hydrogens is 372 g/mol. The highest BCUT2D eigenvalue weighted by Gasteiger charge is 2.27. The lowest BCUT2D eigenvalue weighted by Crippen LogP contribution is -2.41.